The van der Waals surface area contributed by atoms with Crippen LogP contribution in [0.25, 0.3) is 10.9 Å². The Balaban J connectivity index is 1.81. The van der Waals surface area contributed by atoms with Crippen LogP contribution < -0.4 is 5.32 Å². The van der Waals surface area contributed by atoms with Crippen molar-refractivity contribution < 1.29 is 4.79 Å². The smallest absolute Gasteiger partial charge is 0.271 e. The Morgan fingerprint density at radius 2 is 2.19 bits per heavy atom. The van der Waals surface area contributed by atoms with Crippen molar-refractivity contribution in [3.8, 4) is 0 Å². The van der Waals surface area contributed by atoms with E-state index >= 15 is 0 Å². The molecule has 0 atom stereocenters. The van der Waals surface area contributed by atoms with Gasteiger partial charge in [0.05, 0.1) is 22.8 Å². The number of amides is 1. The van der Waals surface area contributed by atoms with Gasteiger partial charge in [0, 0.05) is 17.3 Å². The Bertz CT molecular complexity index is 790. The Labute approximate surface area is 126 Å². The fourth-order valence-electron chi connectivity index (χ4n) is 2.29. The third-order valence-electron chi connectivity index (χ3n) is 3.30. The van der Waals surface area contributed by atoms with Gasteiger partial charge in [-0.05, 0) is 19.9 Å². The lowest BCUT2D eigenvalue weighted by molar-refractivity contribution is 0.0946. The van der Waals surface area contributed by atoms with E-state index in [0.717, 1.165) is 28.1 Å². The second-order valence-corrected chi connectivity index (χ2v) is 5.78. The van der Waals surface area contributed by atoms with Gasteiger partial charge in [-0.2, -0.15) is 5.10 Å². The molecular formula is C15H16N4OS. The molecule has 2 heterocycles. The maximum atomic E-state index is 12.0. The number of thiazole rings is 1. The quantitative estimate of drug-likeness (QED) is 0.806. The maximum Gasteiger partial charge on any atom is 0.271 e. The minimum atomic E-state index is -0.158. The number of carbonyl (C=O) groups excluding carboxylic acids is 1. The Hall–Kier alpha value is -2.21. The molecule has 1 aromatic carbocycles. The molecule has 6 heteroatoms. The summed E-state index contributed by atoms with van der Waals surface area (Å²) in [7, 11) is 0. The molecule has 2 aromatic heterocycles. The van der Waals surface area contributed by atoms with Crippen molar-refractivity contribution in [3.05, 3.63) is 46.0 Å². The minimum Gasteiger partial charge on any atom is -0.345 e. The SMILES string of the molecule is CCn1nc(CNC(=O)c2csc(C)n2)c2ccccc21. The number of hydrogen-bond donors (Lipinski definition) is 1. The predicted molar refractivity (Wildman–Crippen MR) is 83.4 cm³/mol. The molecule has 3 rings (SSSR count). The molecule has 0 aliphatic rings. The highest BCUT2D eigenvalue weighted by atomic mass is 32.1. The van der Waals surface area contributed by atoms with Crippen molar-refractivity contribution in [1.82, 2.24) is 20.1 Å². The van der Waals surface area contributed by atoms with Crippen LogP contribution in [0.4, 0.5) is 0 Å². The first kappa shape index (κ1) is 13.8. The van der Waals surface area contributed by atoms with Gasteiger partial charge in [0.25, 0.3) is 5.91 Å². The number of para-hydroxylation sites is 1. The first-order valence-electron chi connectivity index (χ1n) is 6.83. The van der Waals surface area contributed by atoms with Crippen molar-refractivity contribution in [2.75, 3.05) is 0 Å². The van der Waals surface area contributed by atoms with Gasteiger partial charge < -0.3 is 5.32 Å². The number of hydrogen-bond acceptors (Lipinski definition) is 4. The summed E-state index contributed by atoms with van der Waals surface area (Å²) in [5, 5.41) is 11.2. The van der Waals surface area contributed by atoms with Gasteiger partial charge in [-0.15, -0.1) is 11.3 Å². The molecule has 3 aromatic rings. The topological polar surface area (TPSA) is 59.8 Å². The van der Waals surface area contributed by atoms with Crippen molar-refractivity contribution in [3.63, 3.8) is 0 Å². The Morgan fingerprint density at radius 1 is 1.38 bits per heavy atom. The molecule has 5 nitrogen and oxygen atoms in total. The Kier molecular flexibility index (Phi) is 3.70. The number of fused-ring (bicyclic) bond motifs is 1. The average molecular weight is 300 g/mol. The molecule has 0 fully saturated rings. The number of rotatable bonds is 4. The largest absolute Gasteiger partial charge is 0.345 e. The summed E-state index contributed by atoms with van der Waals surface area (Å²) < 4.78 is 1.95. The summed E-state index contributed by atoms with van der Waals surface area (Å²) in [6.07, 6.45) is 0. The molecule has 0 spiro atoms. The molecule has 0 aliphatic carbocycles. The first-order chi connectivity index (χ1) is 10.2. The zero-order valence-electron chi connectivity index (χ0n) is 12.0. The van der Waals surface area contributed by atoms with Crippen molar-refractivity contribution in [2.45, 2.75) is 26.9 Å². The molecule has 108 valence electrons. The molecule has 0 unspecified atom stereocenters. The molecule has 0 aliphatic heterocycles. The van der Waals surface area contributed by atoms with Crippen LogP contribution in [0.15, 0.2) is 29.6 Å². The van der Waals surface area contributed by atoms with E-state index in [9.17, 15) is 4.79 Å². The van der Waals surface area contributed by atoms with Crippen molar-refractivity contribution in [2.24, 2.45) is 0 Å². The van der Waals surface area contributed by atoms with Gasteiger partial charge in [-0.1, -0.05) is 18.2 Å². The van der Waals surface area contributed by atoms with Crippen LogP contribution in [0, 0.1) is 6.92 Å². The standard InChI is InChI=1S/C15H16N4OS/c1-3-19-14-7-5-4-6-11(14)12(18-19)8-16-15(20)13-9-21-10(2)17-13/h4-7,9H,3,8H2,1-2H3,(H,16,20). The number of nitrogens with zero attached hydrogens (tertiary/aromatic N) is 3. The fraction of sp³-hybridized carbons (Fsp3) is 0.267. The van der Waals surface area contributed by atoms with Gasteiger partial charge in [-0.25, -0.2) is 4.98 Å². The van der Waals surface area contributed by atoms with Crippen LogP contribution in [0.5, 0.6) is 0 Å². The van der Waals surface area contributed by atoms with E-state index in [0.29, 0.717) is 12.2 Å². The van der Waals surface area contributed by atoms with Crippen molar-refractivity contribution >= 4 is 28.1 Å². The average Bonchev–Trinajstić information content (AvgIpc) is 3.09. The summed E-state index contributed by atoms with van der Waals surface area (Å²) >= 11 is 1.47. The zero-order valence-corrected chi connectivity index (χ0v) is 12.8. The maximum absolute atomic E-state index is 12.0. The van der Waals surface area contributed by atoms with Gasteiger partial charge in [0.1, 0.15) is 5.69 Å². The summed E-state index contributed by atoms with van der Waals surface area (Å²) in [6.45, 7) is 5.15. The van der Waals surface area contributed by atoms with Crippen LogP contribution in [-0.4, -0.2) is 20.7 Å². The van der Waals surface area contributed by atoms with Crippen LogP contribution in [0.1, 0.15) is 28.1 Å². The summed E-state index contributed by atoms with van der Waals surface area (Å²) in [5.74, 6) is -0.158. The van der Waals surface area contributed by atoms with E-state index < -0.39 is 0 Å². The number of nitrogens with one attached hydrogen (secondary N) is 1. The number of aryl methyl sites for hydroxylation is 2. The molecule has 0 radical (unpaired) electrons. The highest BCUT2D eigenvalue weighted by Crippen LogP contribution is 2.18. The second kappa shape index (κ2) is 5.65. The van der Waals surface area contributed by atoms with Gasteiger partial charge in [0.15, 0.2) is 0 Å². The zero-order chi connectivity index (χ0) is 14.8. The molecule has 1 amide bonds. The van der Waals surface area contributed by atoms with E-state index in [1.54, 1.807) is 5.38 Å². The summed E-state index contributed by atoms with van der Waals surface area (Å²) in [6, 6.07) is 8.06. The van der Waals surface area contributed by atoms with Crippen LogP contribution in [0.3, 0.4) is 0 Å². The lowest BCUT2D eigenvalue weighted by Gasteiger charge is -2.00. The summed E-state index contributed by atoms with van der Waals surface area (Å²) in [5.41, 5.74) is 2.44. The lowest BCUT2D eigenvalue weighted by Crippen LogP contribution is -2.23. The lowest BCUT2D eigenvalue weighted by atomic mass is 10.2. The van der Waals surface area contributed by atoms with Crippen molar-refractivity contribution in [1.29, 1.82) is 0 Å². The number of aromatic nitrogens is 3. The molecule has 1 N–H and O–H groups in total. The van der Waals surface area contributed by atoms with Gasteiger partial charge in [-0.3, -0.25) is 9.48 Å². The molecule has 0 bridgehead atoms. The Morgan fingerprint density at radius 3 is 2.90 bits per heavy atom. The van der Waals surface area contributed by atoms with Crippen LogP contribution in [-0.2, 0) is 13.1 Å². The molecular weight excluding hydrogens is 284 g/mol. The normalized spacial score (nSPS) is 11.0. The molecule has 0 saturated carbocycles. The van der Waals surface area contributed by atoms with E-state index in [1.165, 1.54) is 11.3 Å². The molecule has 0 saturated heterocycles. The van der Waals surface area contributed by atoms with Crippen LogP contribution >= 0.6 is 11.3 Å². The fourth-order valence-corrected chi connectivity index (χ4v) is 2.88. The van der Waals surface area contributed by atoms with Crippen LogP contribution in [0.2, 0.25) is 0 Å². The van der Waals surface area contributed by atoms with E-state index in [1.807, 2.05) is 35.9 Å². The van der Waals surface area contributed by atoms with E-state index in [4.69, 9.17) is 0 Å². The van der Waals surface area contributed by atoms with E-state index in [2.05, 4.69) is 22.3 Å². The summed E-state index contributed by atoms with van der Waals surface area (Å²) in [4.78, 5) is 16.2. The van der Waals surface area contributed by atoms with Gasteiger partial charge in [0.2, 0.25) is 0 Å². The second-order valence-electron chi connectivity index (χ2n) is 4.71. The third-order valence-corrected chi connectivity index (χ3v) is 4.08. The van der Waals surface area contributed by atoms with Gasteiger partial charge >= 0.3 is 0 Å². The highest BCUT2D eigenvalue weighted by molar-refractivity contribution is 7.09. The number of benzene rings is 1. The minimum absolute atomic E-state index is 0.158. The molecule has 21 heavy (non-hydrogen) atoms. The monoisotopic (exact) mass is 300 g/mol. The highest BCUT2D eigenvalue weighted by Gasteiger charge is 2.12. The number of carbonyl (C=O) groups is 1. The predicted octanol–water partition coefficient (Wildman–Crippen LogP) is 2.75. The van der Waals surface area contributed by atoms with E-state index in [-0.39, 0.29) is 5.91 Å². The third kappa shape index (κ3) is 2.67. The first-order valence-corrected chi connectivity index (χ1v) is 7.71.